The van der Waals surface area contributed by atoms with E-state index in [9.17, 15) is 0 Å². The average molecular weight is 694 g/mol. The number of aromatic nitrogens is 2. The van der Waals surface area contributed by atoms with Crippen molar-refractivity contribution < 1.29 is 0 Å². The Bertz CT molecular complexity index is 3050. The zero-order chi connectivity index (χ0) is 35.6. The van der Waals surface area contributed by atoms with Gasteiger partial charge in [-0.3, -0.25) is 9.88 Å². The molecule has 2 N–H and O–H groups in total. The van der Waals surface area contributed by atoms with E-state index in [2.05, 4.69) is 208 Å². The van der Waals surface area contributed by atoms with Crippen molar-refractivity contribution in [2.24, 2.45) is 4.99 Å². The van der Waals surface area contributed by atoms with Crippen molar-refractivity contribution in [3.05, 3.63) is 199 Å². The summed E-state index contributed by atoms with van der Waals surface area (Å²) in [7, 11) is 0. The van der Waals surface area contributed by atoms with Crippen LogP contribution in [0.1, 0.15) is 23.5 Å². The highest BCUT2D eigenvalue weighted by molar-refractivity contribution is 6.25. The molecule has 1 aliphatic heterocycles. The van der Waals surface area contributed by atoms with Gasteiger partial charge in [0.05, 0.1) is 22.1 Å². The van der Waals surface area contributed by atoms with Crippen LogP contribution >= 0.6 is 0 Å². The fraction of sp³-hybridized carbons (Fsp3) is 0.0408. The molecular formula is C49H35N5. The van der Waals surface area contributed by atoms with Gasteiger partial charge in [0.2, 0.25) is 5.96 Å². The van der Waals surface area contributed by atoms with Crippen molar-refractivity contribution >= 4 is 60.3 Å². The normalized spacial score (nSPS) is 16.0. The van der Waals surface area contributed by atoms with Crippen molar-refractivity contribution in [1.29, 1.82) is 0 Å². The minimum Gasteiger partial charge on any atom is -0.336 e. The number of fused-ring (bicyclic) bond motifs is 8. The largest absolute Gasteiger partial charge is 0.336 e. The standard InChI is InChI=1S/C49H35N5/c1-4-16-32(17-5-1)47-50-48(33-18-6-2-7-19-33)52-49(51-47)54-44-27-15-13-24-38(44)42-31-40(36-22-10-11-25-39(36)46(42)54)34-28-29-45-41(30-34)37-23-12-14-26-43(37)53(45)35-20-8-3-9-21-35/h1-31,47-48,50H,(H,51,52). The number of benzene rings is 8. The lowest BCUT2D eigenvalue weighted by atomic mass is 9.94. The van der Waals surface area contributed by atoms with Crippen LogP contribution in [0.25, 0.3) is 71.2 Å². The maximum absolute atomic E-state index is 5.40. The van der Waals surface area contributed by atoms with E-state index in [1.165, 1.54) is 54.5 Å². The molecule has 2 atom stereocenters. The second-order valence-corrected chi connectivity index (χ2v) is 14.1. The number of hydrogen-bond donors (Lipinski definition) is 2. The van der Waals surface area contributed by atoms with Gasteiger partial charge in [0.25, 0.3) is 0 Å². The molecule has 5 nitrogen and oxygen atoms in total. The molecule has 8 aromatic carbocycles. The molecule has 0 saturated carbocycles. The zero-order valence-corrected chi connectivity index (χ0v) is 29.4. The first-order valence-corrected chi connectivity index (χ1v) is 18.5. The Kier molecular flexibility index (Phi) is 7.00. The van der Waals surface area contributed by atoms with E-state index < -0.39 is 0 Å². The van der Waals surface area contributed by atoms with E-state index in [1.54, 1.807) is 0 Å². The molecule has 2 aromatic heterocycles. The Hall–Kier alpha value is -6.95. The van der Waals surface area contributed by atoms with Gasteiger partial charge in [-0.1, -0.05) is 146 Å². The second kappa shape index (κ2) is 12.3. The Balaban J connectivity index is 1.16. The molecule has 10 aromatic rings. The van der Waals surface area contributed by atoms with Crippen molar-refractivity contribution in [2.45, 2.75) is 12.3 Å². The third-order valence-corrected chi connectivity index (χ3v) is 11.0. The van der Waals surface area contributed by atoms with Gasteiger partial charge in [0.1, 0.15) is 12.3 Å². The Morgan fingerprint density at radius 2 is 0.981 bits per heavy atom. The van der Waals surface area contributed by atoms with E-state index in [-0.39, 0.29) is 12.3 Å². The highest BCUT2D eigenvalue weighted by Crippen LogP contribution is 2.42. The van der Waals surface area contributed by atoms with Gasteiger partial charge in [0.15, 0.2) is 0 Å². The lowest BCUT2D eigenvalue weighted by molar-refractivity contribution is 0.403. The molecule has 0 spiro atoms. The predicted octanol–water partition coefficient (Wildman–Crippen LogP) is 11.5. The van der Waals surface area contributed by atoms with Gasteiger partial charge >= 0.3 is 0 Å². The number of nitrogens with zero attached hydrogens (tertiary/aromatic N) is 3. The number of hydrogen-bond acceptors (Lipinski definition) is 3. The number of para-hydroxylation sites is 3. The third kappa shape index (κ3) is 4.79. The topological polar surface area (TPSA) is 46.3 Å². The van der Waals surface area contributed by atoms with Crippen LogP contribution in [0.4, 0.5) is 0 Å². The van der Waals surface area contributed by atoms with Gasteiger partial charge in [-0.15, -0.1) is 0 Å². The average Bonchev–Trinajstić information content (AvgIpc) is 3.77. The summed E-state index contributed by atoms with van der Waals surface area (Å²) in [4.78, 5) is 5.40. The lowest BCUT2D eigenvalue weighted by Gasteiger charge is -2.32. The second-order valence-electron chi connectivity index (χ2n) is 14.1. The summed E-state index contributed by atoms with van der Waals surface area (Å²) in [6.45, 7) is 0. The molecular weight excluding hydrogens is 659 g/mol. The van der Waals surface area contributed by atoms with Crippen LogP contribution in [0, 0.1) is 0 Å². The highest BCUT2D eigenvalue weighted by Gasteiger charge is 2.28. The van der Waals surface area contributed by atoms with Crippen LogP contribution in [0.15, 0.2) is 193 Å². The summed E-state index contributed by atoms with van der Waals surface area (Å²) < 4.78 is 4.72. The molecule has 11 rings (SSSR count). The van der Waals surface area contributed by atoms with Crippen molar-refractivity contribution in [1.82, 2.24) is 19.8 Å². The van der Waals surface area contributed by atoms with Crippen LogP contribution in [0.2, 0.25) is 0 Å². The van der Waals surface area contributed by atoms with Crippen LogP contribution in [0.5, 0.6) is 0 Å². The summed E-state index contributed by atoms with van der Waals surface area (Å²) in [5.41, 5.74) is 10.5. The van der Waals surface area contributed by atoms with Gasteiger partial charge in [-0.2, -0.15) is 0 Å². The van der Waals surface area contributed by atoms with Crippen LogP contribution < -0.4 is 10.6 Å². The minimum atomic E-state index is -0.237. The van der Waals surface area contributed by atoms with E-state index in [4.69, 9.17) is 4.99 Å². The van der Waals surface area contributed by atoms with Crippen molar-refractivity contribution in [2.75, 3.05) is 0 Å². The first-order chi connectivity index (χ1) is 26.8. The smallest absolute Gasteiger partial charge is 0.206 e. The van der Waals surface area contributed by atoms with E-state index in [0.717, 1.165) is 33.8 Å². The molecule has 0 radical (unpaired) electrons. The molecule has 0 saturated heterocycles. The minimum absolute atomic E-state index is 0.143. The Labute approximate surface area is 312 Å². The summed E-state index contributed by atoms with van der Waals surface area (Å²) in [5.74, 6) is 0.815. The van der Waals surface area contributed by atoms with Crippen LogP contribution in [0.3, 0.4) is 0 Å². The van der Waals surface area contributed by atoms with Gasteiger partial charge in [0, 0.05) is 32.6 Å². The molecule has 3 heterocycles. The highest BCUT2D eigenvalue weighted by atomic mass is 15.4. The number of nitrogens with one attached hydrogen (secondary N) is 2. The fourth-order valence-electron chi connectivity index (χ4n) is 8.56. The lowest BCUT2D eigenvalue weighted by Crippen LogP contribution is -2.47. The maximum Gasteiger partial charge on any atom is 0.206 e. The molecule has 54 heavy (non-hydrogen) atoms. The van der Waals surface area contributed by atoms with Gasteiger partial charge < -0.3 is 9.88 Å². The molecule has 0 bridgehead atoms. The molecule has 5 heteroatoms. The zero-order valence-electron chi connectivity index (χ0n) is 29.4. The molecule has 256 valence electrons. The van der Waals surface area contributed by atoms with E-state index in [0.29, 0.717) is 0 Å². The Morgan fingerprint density at radius 3 is 1.70 bits per heavy atom. The number of rotatable bonds is 4. The molecule has 2 unspecified atom stereocenters. The molecule has 0 aliphatic carbocycles. The van der Waals surface area contributed by atoms with Gasteiger partial charge in [-0.05, 0) is 70.1 Å². The molecule has 1 aliphatic rings. The quantitative estimate of drug-likeness (QED) is 0.193. The van der Waals surface area contributed by atoms with Crippen LogP contribution in [-0.2, 0) is 0 Å². The summed E-state index contributed by atoms with van der Waals surface area (Å²) in [6.07, 6.45) is -0.380. The monoisotopic (exact) mass is 693 g/mol. The molecule has 0 amide bonds. The summed E-state index contributed by atoms with van der Waals surface area (Å²) in [6, 6.07) is 67.4. The first kappa shape index (κ1) is 30.7. The number of aliphatic imine (C=N–C) groups is 1. The van der Waals surface area contributed by atoms with Crippen LogP contribution in [-0.4, -0.2) is 15.1 Å². The predicted molar refractivity (Wildman–Crippen MR) is 224 cm³/mol. The van der Waals surface area contributed by atoms with Gasteiger partial charge in [-0.25, -0.2) is 4.99 Å². The fourth-order valence-corrected chi connectivity index (χ4v) is 8.56. The van der Waals surface area contributed by atoms with E-state index >= 15 is 0 Å². The van der Waals surface area contributed by atoms with Crippen molar-refractivity contribution in [3.8, 4) is 16.8 Å². The third-order valence-electron chi connectivity index (χ3n) is 11.0. The Morgan fingerprint density at radius 1 is 0.426 bits per heavy atom. The first-order valence-electron chi connectivity index (χ1n) is 18.5. The maximum atomic E-state index is 5.40. The van der Waals surface area contributed by atoms with E-state index in [1.807, 2.05) is 0 Å². The summed E-state index contributed by atoms with van der Waals surface area (Å²) >= 11 is 0. The SMILES string of the molecule is c1ccc(C2N=C(n3c4ccccc4c4cc(-c5ccc6c(c5)c5ccccc5n6-c5ccccc5)c5ccccc5c43)NC(c3ccccc3)N2)cc1. The van der Waals surface area contributed by atoms with Crippen molar-refractivity contribution in [3.63, 3.8) is 0 Å². The molecule has 0 fully saturated rings. The summed E-state index contributed by atoms with van der Waals surface area (Å²) in [5, 5.41) is 14.8.